The maximum atomic E-state index is 12.3. The number of carbonyl (C=O) groups excluding carboxylic acids is 1. The Bertz CT molecular complexity index is 748. The topological polar surface area (TPSA) is 77.7 Å². The summed E-state index contributed by atoms with van der Waals surface area (Å²) in [5, 5.41) is 0. The Morgan fingerprint density at radius 1 is 1.31 bits per heavy atom. The lowest BCUT2D eigenvalue weighted by Gasteiger charge is -2.19. The van der Waals surface area contributed by atoms with E-state index in [2.05, 4.69) is 4.98 Å². The van der Waals surface area contributed by atoms with Crippen LogP contribution < -0.4 is 15.2 Å². The minimum atomic E-state index is -0.123. The van der Waals surface area contributed by atoms with Gasteiger partial charge in [-0.05, 0) is 36.8 Å². The van der Waals surface area contributed by atoms with Crippen LogP contribution in [0.25, 0.3) is 6.08 Å². The molecule has 0 aliphatic rings. The Kier molecular flexibility index (Phi) is 8.45. The molecule has 2 rings (SSSR count). The molecule has 0 atom stereocenters. The zero-order valence-corrected chi connectivity index (χ0v) is 16.0. The van der Waals surface area contributed by atoms with Crippen molar-refractivity contribution in [1.29, 1.82) is 0 Å². The van der Waals surface area contributed by atoms with Gasteiger partial charge in [-0.1, -0.05) is 12.1 Å². The van der Waals surface area contributed by atoms with E-state index >= 15 is 0 Å². The van der Waals surface area contributed by atoms with Crippen molar-refractivity contribution in [3.05, 3.63) is 53.7 Å². The molecule has 0 saturated heterocycles. The molecule has 0 unspecified atom stereocenters. The molecule has 1 amide bonds. The zero-order chi connectivity index (χ0) is 18.2. The van der Waals surface area contributed by atoms with E-state index < -0.39 is 0 Å². The van der Waals surface area contributed by atoms with Crippen LogP contribution in [0.15, 0.2) is 42.6 Å². The number of likely N-dealkylation sites (N-methyl/N-ethyl adjacent to an activating group) is 1. The fourth-order valence-corrected chi connectivity index (χ4v) is 2.30. The van der Waals surface area contributed by atoms with Crippen molar-refractivity contribution in [2.75, 3.05) is 26.5 Å². The summed E-state index contributed by atoms with van der Waals surface area (Å²) in [5.41, 5.74) is 7.25. The Balaban J connectivity index is 0.00000338. The van der Waals surface area contributed by atoms with Gasteiger partial charge < -0.3 is 20.1 Å². The van der Waals surface area contributed by atoms with Gasteiger partial charge in [0.1, 0.15) is 5.82 Å². The number of amides is 1. The molecule has 6 nitrogen and oxygen atoms in total. The summed E-state index contributed by atoms with van der Waals surface area (Å²) < 4.78 is 11.0. The number of nitrogens with two attached hydrogens (primary N) is 1. The van der Waals surface area contributed by atoms with Gasteiger partial charge in [-0.2, -0.15) is 0 Å². The van der Waals surface area contributed by atoms with Crippen molar-refractivity contribution in [2.24, 2.45) is 0 Å². The third-order valence-electron chi connectivity index (χ3n) is 3.58. The van der Waals surface area contributed by atoms with Gasteiger partial charge in [0, 0.05) is 31.4 Å². The van der Waals surface area contributed by atoms with Crippen LogP contribution in [-0.2, 0) is 11.3 Å². The second-order valence-corrected chi connectivity index (χ2v) is 5.43. The molecule has 1 heterocycles. The largest absolute Gasteiger partial charge is 0.493 e. The van der Waals surface area contributed by atoms with E-state index in [0.717, 1.165) is 11.1 Å². The zero-order valence-electron chi connectivity index (χ0n) is 15.1. The second kappa shape index (κ2) is 10.3. The van der Waals surface area contributed by atoms with Crippen LogP contribution in [-0.4, -0.2) is 36.6 Å². The average molecular weight is 378 g/mol. The standard InChI is InChI=1S/C19H23N3O3.ClH/c1-4-25-19-15(6-5-7-16(19)24-3)13-22(2)18(23)11-9-14-8-10-17(20)21-12-14;/h5-12H,4,13H2,1-3H3,(H2,20,21);1H/b11-9+;. The molecule has 140 valence electrons. The Morgan fingerprint density at radius 2 is 2.08 bits per heavy atom. The first-order chi connectivity index (χ1) is 12.0. The molecule has 0 aliphatic carbocycles. The number of pyridine rings is 1. The summed E-state index contributed by atoms with van der Waals surface area (Å²) >= 11 is 0. The van der Waals surface area contributed by atoms with Crippen molar-refractivity contribution in [3.63, 3.8) is 0 Å². The SMILES string of the molecule is CCOc1c(CN(C)C(=O)/C=C/c2ccc(N)nc2)cccc1OC.Cl. The molecule has 0 fully saturated rings. The average Bonchev–Trinajstić information content (AvgIpc) is 2.62. The van der Waals surface area contributed by atoms with Crippen LogP contribution in [0, 0.1) is 0 Å². The molecule has 0 spiro atoms. The molecule has 0 radical (unpaired) electrons. The first-order valence-electron chi connectivity index (χ1n) is 7.98. The fourth-order valence-electron chi connectivity index (χ4n) is 2.30. The minimum absolute atomic E-state index is 0. The number of nitrogen functional groups attached to an aromatic ring is 1. The number of para-hydroxylation sites is 1. The van der Waals surface area contributed by atoms with E-state index in [1.807, 2.05) is 25.1 Å². The van der Waals surface area contributed by atoms with Crippen molar-refractivity contribution >= 4 is 30.2 Å². The molecule has 2 N–H and O–H groups in total. The van der Waals surface area contributed by atoms with Crippen molar-refractivity contribution in [1.82, 2.24) is 9.88 Å². The summed E-state index contributed by atoms with van der Waals surface area (Å²) in [5.74, 6) is 1.65. The predicted molar refractivity (Wildman–Crippen MR) is 106 cm³/mol. The highest BCUT2D eigenvalue weighted by Crippen LogP contribution is 2.31. The number of nitrogens with zero attached hydrogens (tertiary/aromatic N) is 2. The molecule has 0 bridgehead atoms. The maximum Gasteiger partial charge on any atom is 0.246 e. The Labute approximate surface area is 160 Å². The van der Waals surface area contributed by atoms with Crippen LogP contribution in [0.2, 0.25) is 0 Å². The van der Waals surface area contributed by atoms with Gasteiger partial charge in [-0.25, -0.2) is 4.98 Å². The van der Waals surface area contributed by atoms with Gasteiger partial charge in [-0.3, -0.25) is 4.79 Å². The predicted octanol–water partition coefficient (Wildman–Crippen LogP) is 3.16. The lowest BCUT2D eigenvalue weighted by atomic mass is 10.1. The number of carbonyl (C=O) groups is 1. The van der Waals surface area contributed by atoms with Gasteiger partial charge >= 0.3 is 0 Å². The molecule has 1 aromatic heterocycles. The molecule has 0 aliphatic heterocycles. The monoisotopic (exact) mass is 377 g/mol. The van der Waals surface area contributed by atoms with Gasteiger partial charge in [0.2, 0.25) is 5.91 Å². The summed E-state index contributed by atoms with van der Waals surface area (Å²) in [6.45, 7) is 2.85. The minimum Gasteiger partial charge on any atom is -0.493 e. The molecule has 0 saturated carbocycles. The van der Waals surface area contributed by atoms with Gasteiger partial charge in [-0.15, -0.1) is 12.4 Å². The van der Waals surface area contributed by atoms with Crippen LogP contribution >= 0.6 is 12.4 Å². The van der Waals surface area contributed by atoms with Gasteiger partial charge in [0.15, 0.2) is 11.5 Å². The molecular formula is C19H24ClN3O3. The highest BCUT2D eigenvalue weighted by molar-refractivity contribution is 5.91. The summed E-state index contributed by atoms with van der Waals surface area (Å²) in [6.07, 6.45) is 4.84. The fraction of sp³-hybridized carbons (Fsp3) is 0.263. The third-order valence-corrected chi connectivity index (χ3v) is 3.58. The first-order valence-corrected chi connectivity index (χ1v) is 7.98. The van der Waals surface area contributed by atoms with Crippen LogP contribution in [0.3, 0.4) is 0 Å². The second-order valence-electron chi connectivity index (χ2n) is 5.43. The van der Waals surface area contributed by atoms with E-state index in [4.69, 9.17) is 15.2 Å². The number of halogens is 1. The molecular weight excluding hydrogens is 354 g/mol. The normalized spacial score (nSPS) is 10.3. The molecule has 1 aromatic carbocycles. The third kappa shape index (κ3) is 5.67. The maximum absolute atomic E-state index is 12.3. The quantitative estimate of drug-likeness (QED) is 0.750. The van der Waals surface area contributed by atoms with Gasteiger partial charge in [0.05, 0.1) is 13.7 Å². The van der Waals surface area contributed by atoms with E-state index in [1.54, 1.807) is 43.5 Å². The number of anilines is 1. The van der Waals surface area contributed by atoms with Crippen LogP contribution in [0.5, 0.6) is 11.5 Å². The van der Waals surface area contributed by atoms with E-state index in [1.165, 1.54) is 6.08 Å². The van der Waals surface area contributed by atoms with E-state index in [0.29, 0.717) is 30.5 Å². The number of methoxy groups -OCH3 is 1. The van der Waals surface area contributed by atoms with Crippen molar-refractivity contribution in [2.45, 2.75) is 13.5 Å². The number of ether oxygens (including phenoxy) is 2. The van der Waals surface area contributed by atoms with Crippen LogP contribution in [0.4, 0.5) is 5.82 Å². The molecule has 7 heteroatoms. The number of hydrogen-bond donors (Lipinski definition) is 1. The highest BCUT2D eigenvalue weighted by atomic mass is 35.5. The summed E-state index contributed by atoms with van der Waals surface area (Å²) in [4.78, 5) is 17.9. The Morgan fingerprint density at radius 3 is 2.69 bits per heavy atom. The van der Waals surface area contributed by atoms with E-state index in [9.17, 15) is 4.79 Å². The first kappa shape index (κ1) is 21.3. The lowest BCUT2D eigenvalue weighted by Crippen LogP contribution is -2.24. The summed E-state index contributed by atoms with van der Waals surface area (Å²) in [7, 11) is 3.34. The number of aromatic nitrogens is 1. The van der Waals surface area contributed by atoms with E-state index in [-0.39, 0.29) is 18.3 Å². The molecule has 26 heavy (non-hydrogen) atoms. The number of benzene rings is 1. The number of rotatable bonds is 7. The smallest absolute Gasteiger partial charge is 0.246 e. The van der Waals surface area contributed by atoms with Crippen molar-refractivity contribution in [3.8, 4) is 11.5 Å². The summed E-state index contributed by atoms with van der Waals surface area (Å²) in [6, 6.07) is 9.14. The molecule has 2 aromatic rings. The lowest BCUT2D eigenvalue weighted by molar-refractivity contribution is -0.125. The van der Waals surface area contributed by atoms with Crippen LogP contribution in [0.1, 0.15) is 18.1 Å². The Hall–Kier alpha value is -2.73. The van der Waals surface area contributed by atoms with Crippen molar-refractivity contribution < 1.29 is 14.3 Å². The highest BCUT2D eigenvalue weighted by Gasteiger charge is 2.14. The number of hydrogen-bond acceptors (Lipinski definition) is 5. The van der Waals surface area contributed by atoms with Gasteiger partial charge in [0.25, 0.3) is 0 Å².